The smallest absolute Gasteiger partial charge is 0.703 e. The summed E-state index contributed by atoms with van der Waals surface area (Å²) in [5, 5.41) is 0. The molecule has 1 saturated heterocycles. The van der Waals surface area contributed by atoms with Gasteiger partial charge in [-0.3, -0.25) is 4.48 Å². The Morgan fingerprint density at radius 2 is 2.08 bits per heavy atom. The Morgan fingerprint density at radius 3 is 2.48 bits per heavy atom. The van der Waals surface area contributed by atoms with E-state index in [-0.39, 0.29) is 11.6 Å². The van der Waals surface area contributed by atoms with Gasteiger partial charge in [-0.2, -0.15) is 0 Å². The lowest BCUT2D eigenvalue weighted by Gasteiger charge is -2.44. The van der Waals surface area contributed by atoms with Crippen molar-refractivity contribution in [3.8, 4) is 0 Å². The van der Waals surface area contributed by atoms with Gasteiger partial charge in [0.1, 0.15) is 11.0 Å². The number of nitrogens with zero attached hydrogens (tertiary/aromatic N) is 1. The summed E-state index contributed by atoms with van der Waals surface area (Å²) in [6, 6.07) is 0. The molecule has 1 heterocycles. The van der Waals surface area contributed by atoms with E-state index in [0.717, 1.165) is 37.7 Å². The minimum absolute atomic E-state index is 0. The van der Waals surface area contributed by atoms with Crippen LogP contribution in [0.2, 0.25) is 0 Å². The van der Waals surface area contributed by atoms with E-state index in [0.29, 0.717) is 16.0 Å². The van der Waals surface area contributed by atoms with Crippen LogP contribution in [0, 0.1) is 0 Å². The Labute approximate surface area is 158 Å². The zero-order valence-electron chi connectivity index (χ0n) is 16.3. The fraction of sp³-hybridized carbons (Fsp3) is 0.824. The molecular formula is C17H33NO5PS+. The lowest BCUT2D eigenvalue weighted by molar-refractivity contribution is -0.936. The van der Waals surface area contributed by atoms with Crippen LogP contribution in [0.1, 0.15) is 46.0 Å². The summed E-state index contributed by atoms with van der Waals surface area (Å²) >= 11 is 5.90. The molecule has 8 heteroatoms. The summed E-state index contributed by atoms with van der Waals surface area (Å²) in [7, 11) is 5.10. The van der Waals surface area contributed by atoms with E-state index in [1.807, 2.05) is 34.1 Å². The van der Waals surface area contributed by atoms with Crippen LogP contribution in [0.25, 0.3) is 0 Å². The number of likely N-dealkylation sites (N-methyl/N-ethyl adjacent to an activating group) is 1. The molecule has 6 nitrogen and oxygen atoms in total. The zero-order valence-corrected chi connectivity index (χ0v) is 18.0. The van der Waals surface area contributed by atoms with Gasteiger partial charge in [0, 0.05) is 11.2 Å². The van der Waals surface area contributed by atoms with E-state index in [1.54, 1.807) is 0 Å². The zero-order chi connectivity index (χ0) is 18.4. The van der Waals surface area contributed by atoms with Crippen molar-refractivity contribution in [1.29, 1.82) is 0 Å². The van der Waals surface area contributed by atoms with Crippen molar-refractivity contribution >= 4 is 25.3 Å². The third-order valence-electron chi connectivity index (χ3n) is 4.49. The Hall–Kier alpha value is -0.270. The summed E-state index contributed by atoms with van der Waals surface area (Å²) < 4.78 is 29.5. The lowest BCUT2D eigenvalue weighted by Crippen LogP contribution is -2.68. The summed E-state index contributed by atoms with van der Waals surface area (Å²) in [4.78, 5) is 0.679. The van der Waals surface area contributed by atoms with Crippen LogP contribution in [-0.2, 0) is 18.3 Å². The van der Waals surface area contributed by atoms with E-state index in [1.165, 1.54) is 7.11 Å². The maximum atomic E-state index is 12.2. The normalized spacial score (nSPS) is 21.4. The molecule has 1 N–H and O–H groups in total. The first kappa shape index (κ1) is 24.7. The van der Waals surface area contributed by atoms with E-state index in [9.17, 15) is 4.57 Å². The van der Waals surface area contributed by atoms with Gasteiger partial charge in [-0.05, 0) is 42.7 Å². The average molecular weight is 394 g/mol. The Morgan fingerprint density at radius 1 is 1.44 bits per heavy atom. The highest BCUT2D eigenvalue weighted by Crippen LogP contribution is 2.44. The third-order valence-corrected chi connectivity index (χ3v) is 5.77. The molecule has 0 aromatic rings. The van der Waals surface area contributed by atoms with Gasteiger partial charge in [-0.25, -0.2) is 0 Å². The van der Waals surface area contributed by atoms with Gasteiger partial charge in [0.25, 0.3) is 0 Å². The van der Waals surface area contributed by atoms with E-state index >= 15 is 0 Å². The van der Waals surface area contributed by atoms with Crippen LogP contribution >= 0.6 is 20.5 Å². The molecule has 0 bridgehead atoms. The minimum Gasteiger partial charge on any atom is -0.870 e. The van der Waals surface area contributed by atoms with Crippen LogP contribution in [0.15, 0.2) is 11.6 Å². The number of unbranched alkanes of at least 4 members (excludes halogenated alkanes) is 1. The van der Waals surface area contributed by atoms with E-state index < -0.39 is 14.0 Å². The van der Waals surface area contributed by atoms with E-state index in [4.69, 9.17) is 26.0 Å². The molecule has 3 atom stereocenters. The van der Waals surface area contributed by atoms with Gasteiger partial charge in [0.2, 0.25) is 0 Å². The number of quaternary nitrogens is 1. The van der Waals surface area contributed by atoms with Crippen molar-refractivity contribution in [1.82, 2.24) is 0 Å². The van der Waals surface area contributed by atoms with Gasteiger partial charge in [-0.15, -0.1) is 4.52 Å². The van der Waals surface area contributed by atoms with Crippen LogP contribution in [-0.4, -0.2) is 61.5 Å². The van der Waals surface area contributed by atoms with Crippen molar-refractivity contribution < 1.29 is 28.3 Å². The fourth-order valence-electron chi connectivity index (χ4n) is 3.13. The van der Waals surface area contributed by atoms with Crippen LogP contribution in [0.3, 0.4) is 0 Å². The van der Waals surface area contributed by atoms with Gasteiger partial charge in [0.15, 0.2) is 0 Å². The van der Waals surface area contributed by atoms with Gasteiger partial charge >= 0.3 is 14.0 Å². The van der Waals surface area contributed by atoms with Crippen LogP contribution in [0.4, 0.5) is 0 Å². The van der Waals surface area contributed by atoms with Crippen molar-refractivity contribution in [2.45, 2.75) is 57.8 Å². The number of ether oxygens (including phenoxy) is 1. The predicted octanol–water partition coefficient (Wildman–Crippen LogP) is 4.22. The van der Waals surface area contributed by atoms with Crippen molar-refractivity contribution in [3.05, 3.63) is 11.6 Å². The first-order chi connectivity index (χ1) is 11.2. The number of allylic oxidation sites excluding steroid dienone is 1. The Kier molecular flexibility index (Phi) is 10.7. The molecule has 1 aliphatic heterocycles. The molecule has 25 heavy (non-hydrogen) atoms. The second kappa shape index (κ2) is 10.8. The largest absolute Gasteiger partial charge is 0.870 e. The van der Waals surface area contributed by atoms with Crippen molar-refractivity contribution in [3.63, 3.8) is 0 Å². The molecule has 1 fully saturated rings. The maximum Gasteiger partial charge on any atom is 0.703 e. The first-order valence-corrected chi connectivity index (χ1v) is 10.1. The Bertz CT molecular complexity index is 486. The van der Waals surface area contributed by atoms with E-state index in [2.05, 4.69) is 6.92 Å². The van der Waals surface area contributed by atoms with Crippen molar-refractivity contribution in [2.24, 2.45) is 0 Å². The molecule has 0 amide bonds. The van der Waals surface area contributed by atoms with Crippen LogP contribution in [0.5, 0.6) is 0 Å². The number of hydrogen-bond acceptors (Lipinski definition) is 6. The molecule has 1 rings (SSSR count). The molecule has 0 aromatic heterocycles. The fourth-order valence-corrected chi connectivity index (χ4v) is 4.61. The second-order valence-corrected chi connectivity index (χ2v) is 8.36. The number of thiocarbonyl (C=S) groups is 1. The molecule has 0 saturated carbocycles. The molecule has 0 aromatic carbocycles. The summed E-state index contributed by atoms with van der Waals surface area (Å²) in [5.41, 5.74) is 0.0557. The number of hydrogen-bond donors (Lipinski definition) is 0. The van der Waals surface area contributed by atoms with Crippen molar-refractivity contribution in [2.75, 3.05) is 34.9 Å². The standard InChI is InChI=1S/C17H32NO4PS.H2O/c1-7-9-11-14(8-2)16(24)17(18(3,4)5,22-23(19)20-6)15-12-10-13-21-15;/h8,15H,7,9-13H2,1-6H3;1H2/q+2;/p-1. The lowest BCUT2D eigenvalue weighted by atomic mass is 9.90. The molecule has 3 unspecified atom stereocenters. The molecular weight excluding hydrogens is 361 g/mol. The average Bonchev–Trinajstić information content (AvgIpc) is 3.06. The van der Waals surface area contributed by atoms with Gasteiger partial charge in [-0.1, -0.05) is 31.6 Å². The maximum absolute atomic E-state index is 12.2. The van der Waals surface area contributed by atoms with Gasteiger partial charge < -0.3 is 10.2 Å². The van der Waals surface area contributed by atoms with Gasteiger partial charge in [0.05, 0.1) is 28.3 Å². The highest BCUT2D eigenvalue weighted by Gasteiger charge is 2.63. The Balaban J connectivity index is 0.00000576. The summed E-state index contributed by atoms with van der Waals surface area (Å²) in [6.07, 6.45) is 6.60. The third kappa shape index (κ3) is 5.60. The van der Waals surface area contributed by atoms with Crippen LogP contribution < -0.4 is 0 Å². The minimum atomic E-state index is -2.28. The second-order valence-electron chi connectivity index (χ2n) is 6.95. The molecule has 1 aliphatic rings. The molecule has 0 spiro atoms. The monoisotopic (exact) mass is 394 g/mol. The molecule has 0 radical (unpaired) electrons. The number of rotatable bonds is 10. The molecule has 146 valence electrons. The topological polar surface area (TPSA) is 74.8 Å². The highest BCUT2D eigenvalue weighted by molar-refractivity contribution is 7.81. The molecule has 0 aliphatic carbocycles. The highest BCUT2D eigenvalue weighted by atomic mass is 32.1. The SMILES string of the molecule is CC=C(CCCC)C(=S)C(O[P+](=O)OC)(C1CCCO1)[N+](C)(C)C.[OH-]. The first-order valence-electron chi connectivity index (χ1n) is 8.58. The summed E-state index contributed by atoms with van der Waals surface area (Å²) in [6.45, 7) is 4.81. The quantitative estimate of drug-likeness (QED) is 0.182. The summed E-state index contributed by atoms with van der Waals surface area (Å²) in [5.74, 6) is 0. The predicted molar refractivity (Wildman–Crippen MR) is 103 cm³/mol.